The fourth-order valence-corrected chi connectivity index (χ4v) is 1.46. The van der Waals surface area contributed by atoms with Crippen molar-refractivity contribution < 1.29 is 14.8 Å². The van der Waals surface area contributed by atoms with E-state index >= 15 is 0 Å². The number of phenols is 2. The number of aromatic nitrogens is 1. The number of nitrogens with zero attached hydrogens (tertiary/aromatic N) is 1. The quantitative estimate of drug-likeness (QED) is 0.573. The minimum absolute atomic E-state index is 0.0222. The van der Waals surface area contributed by atoms with Crippen LogP contribution >= 0.6 is 11.6 Å². The van der Waals surface area contributed by atoms with Crippen molar-refractivity contribution >= 4 is 11.6 Å². The molecule has 1 heterocycles. The average Bonchev–Trinajstić information content (AvgIpc) is 2.25. The van der Waals surface area contributed by atoms with Gasteiger partial charge in [-0.15, -0.1) is 0 Å². The van der Waals surface area contributed by atoms with Gasteiger partial charge in [0, 0.05) is 18.2 Å². The maximum atomic E-state index is 9.65. The van der Waals surface area contributed by atoms with E-state index in [1.54, 1.807) is 17.0 Å². The van der Waals surface area contributed by atoms with Gasteiger partial charge in [0.1, 0.15) is 5.75 Å². The zero-order valence-corrected chi connectivity index (χ0v) is 8.52. The number of benzene rings is 1. The summed E-state index contributed by atoms with van der Waals surface area (Å²) in [4.78, 5) is 0. The van der Waals surface area contributed by atoms with Gasteiger partial charge in [-0.25, -0.2) is 0 Å². The summed E-state index contributed by atoms with van der Waals surface area (Å²) in [7, 11) is 0. The summed E-state index contributed by atoms with van der Waals surface area (Å²) in [5.41, 5.74) is 0.484. The predicted molar refractivity (Wildman–Crippen MR) is 56.3 cm³/mol. The minimum Gasteiger partial charge on any atom is -0.506 e. The molecule has 0 radical (unpaired) electrons. The third kappa shape index (κ3) is 1.87. The lowest BCUT2D eigenvalue weighted by atomic mass is 10.2. The molecule has 4 heteroatoms. The highest BCUT2D eigenvalue weighted by atomic mass is 35.5. The molecule has 76 valence electrons. The van der Waals surface area contributed by atoms with Crippen LogP contribution in [-0.2, 0) is 0 Å². The van der Waals surface area contributed by atoms with Crippen LogP contribution in [0.1, 0.15) is 0 Å². The van der Waals surface area contributed by atoms with Gasteiger partial charge in [-0.2, -0.15) is 4.57 Å². The van der Waals surface area contributed by atoms with Crippen molar-refractivity contribution in [2.75, 3.05) is 0 Å². The lowest BCUT2D eigenvalue weighted by molar-refractivity contribution is -0.596. The summed E-state index contributed by atoms with van der Waals surface area (Å²) in [6.45, 7) is 0. The molecule has 1 aromatic carbocycles. The number of hydrogen-bond donors (Lipinski definition) is 2. The minimum atomic E-state index is -0.0548. The van der Waals surface area contributed by atoms with Crippen molar-refractivity contribution in [1.29, 1.82) is 0 Å². The van der Waals surface area contributed by atoms with Crippen molar-refractivity contribution in [3.63, 3.8) is 0 Å². The molecule has 0 aliphatic carbocycles. The van der Waals surface area contributed by atoms with Gasteiger partial charge in [0.2, 0.25) is 0 Å². The van der Waals surface area contributed by atoms with Crippen molar-refractivity contribution in [2.45, 2.75) is 0 Å². The molecule has 15 heavy (non-hydrogen) atoms. The van der Waals surface area contributed by atoms with Crippen molar-refractivity contribution in [3.05, 3.63) is 47.7 Å². The van der Waals surface area contributed by atoms with Crippen LogP contribution in [0.2, 0.25) is 5.02 Å². The highest BCUT2D eigenvalue weighted by molar-refractivity contribution is 6.32. The van der Waals surface area contributed by atoms with E-state index in [-0.39, 0.29) is 16.5 Å². The first-order chi connectivity index (χ1) is 7.18. The molecular formula is C11H9ClNO2+. The Morgan fingerprint density at radius 2 is 1.60 bits per heavy atom. The maximum absolute atomic E-state index is 9.65. The molecule has 1 aromatic heterocycles. The highest BCUT2D eigenvalue weighted by Crippen LogP contribution is 2.30. The average molecular weight is 223 g/mol. The molecule has 0 amide bonds. The molecule has 2 N–H and O–H groups in total. The first kappa shape index (κ1) is 9.80. The van der Waals surface area contributed by atoms with Crippen LogP contribution in [0, 0.1) is 0 Å². The van der Waals surface area contributed by atoms with E-state index in [1.807, 2.05) is 18.2 Å². The third-order valence-corrected chi connectivity index (χ3v) is 2.34. The van der Waals surface area contributed by atoms with Crippen molar-refractivity contribution in [2.24, 2.45) is 0 Å². The topological polar surface area (TPSA) is 44.3 Å². The summed E-state index contributed by atoms with van der Waals surface area (Å²) < 4.78 is 1.69. The normalized spacial score (nSPS) is 10.2. The van der Waals surface area contributed by atoms with E-state index in [4.69, 9.17) is 11.6 Å². The summed E-state index contributed by atoms with van der Waals surface area (Å²) >= 11 is 5.65. The summed E-state index contributed by atoms with van der Waals surface area (Å²) in [6.07, 6.45) is 3.53. The summed E-state index contributed by atoms with van der Waals surface area (Å²) in [5, 5.41) is 19.2. The molecule has 0 aliphatic heterocycles. The van der Waals surface area contributed by atoms with Crippen molar-refractivity contribution in [1.82, 2.24) is 0 Å². The molecule has 0 saturated carbocycles. The second kappa shape index (κ2) is 3.79. The fraction of sp³-hybridized carbons (Fsp3) is 0. The first-order valence-corrected chi connectivity index (χ1v) is 4.74. The van der Waals surface area contributed by atoms with Crippen LogP contribution < -0.4 is 4.57 Å². The molecule has 0 unspecified atom stereocenters. The second-order valence-electron chi connectivity index (χ2n) is 3.08. The number of halogens is 1. The van der Waals surface area contributed by atoms with Crippen LogP contribution in [0.15, 0.2) is 42.7 Å². The Kier molecular flexibility index (Phi) is 2.47. The second-order valence-corrected chi connectivity index (χ2v) is 3.48. The standard InChI is InChI=1S/C11H8ClNO2/c12-8-6-11(15)9(7-10(8)14)13-4-2-1-3-5-13/h1-7H,(H-,14,15)/p+1. The molecule has 0 bridgehead atoms. The molecule has 0 spiro atoms. The van der Waals surface area contributed by atoms with Crippen LogP contribution in [0.4, 0.5) is 0 Å². The molecule has 2 aromatic rings. The van der Waals surface area contributed by atoms with Gasteiger partial charge in [0.15, 0.2) is 18.1 Å². The monoisotopic (exact) mass is 222 g/mol. The van der Waals surface area contributed by atoms with E-state index < -0.39 is 0 Å². The number of phenolic OH excluding ortho intramolecular Hbond substituents is 2. The highest BCUT2D eigenvalue weighted by Gasteiger charge is 2.14. The Labute approximate surface area is 91.8 Å². The molecule has 2 rings (SSSR count). The molecule has 0 saturated heterocycles. The molecular weight excluding hydrogens is 214 g/mol. The number of rotatable bonds is 1. The molecule has 0 fully saturated rings. The Bertz CT molecular complexity index is 485. The first-order valence-electron chi connectivity index (χ1n) is 4.36. The maximum Gasteiger partial charge on any atom is 0.256 e. The largest absolute Gasteiger partial charge is 0.506 e. The Hall–Kier alpha value is -1.74. The van der Waals surface area contributed by atoms with Gasteiger partial charge in [-0.1, -0.05) is 17.7 Å². The smallest absolute Gasteiger partial charge is 0.256 e. The Morgan fingerprint density at radius 3 is 2.27 bits per heavy atom. The third-order valence-electron chi connectivity index (χ3n) is 2.04. The van der Waals surface area contributed by atoms with E-state index in [2.05, 4.69) is 0 Å². The lowest BCUT2D eigenvalue weighted by Gasteiger charge is -2.01. The Balaban J connectivity index is 2.59. The predicted octanol–water partition coefficient (Wildman–Crippen LogP) is 2.03. The number of hydrogen-bond acceptors (Lipinski definition) is 2. The number of pyridine rings is 1. The van der Waals surface area contributed by atoms with Gasteiger partial charge in [0.05, 0.1) is 11.1 Å². The SMILES string of the molecule is Oc1cc(-[n+]2ccccc2)c(O)cc1Cl. The van der Waals surface area contributed by atoms with Gasteiger partial charge in [-0.3, -0.25) is 0 Å². The summed E-state index contributed by atoms with van der Waals surface area (Å²) in [6, 6.07) is 8.24. The molecule has 0 aliphatic rings. The molecule has 3 nitrogen and oxygen atoms in total. The Morgan fingerprint density at radius 1 is 0.933 bits per heavy atom. The van der Waals surface area contributed by atoms with Crippen LogP contribution in [0.25, 0.3) is 5.69 Å². The van der Waals surface area contributed by atoms with Gasteiger partial charge < -0.3 is 10.2 Å². The zero-order chi connectivity index (χ0) is 10.8. The van der Waals surface area contributed by atoms with E-state index in [0.29, 0.717) is 5.69 Å². The van der Waals surface area contributed by atoms with Crippen molar-refractivity contribution in [3.8, 4) is 17.2 Å². The molecule has 0 atom stereocenters. The van der Waals surface area contributed by atoms with Crippen LogP contribution in [0.5, 0.6) is 11.5 Å². The fourth-order valence-electron chi connectivity index (χ4n) is 1.31. The van der Waals surface area contributed by atoms with Gasteiger partial charge >= 0.3 is 0 Å². The van der Waals surface area contributed by atoms with E-state index in [1.165, 1.54) is 12.1 Å². The van der Waals surface area contributed by atoms with Crippen LogP contribution in [-0.4, -0.2) is 10.2 Å². The van der Waals surface area contributed by atoms with Gasteiger partial charge in [-0.05, 0) is 0 Å². The zero-order valence-electron chi connectivity index (χ0n) is 7.76. The lowest BCUT2D eigenvalue weighted by Crippen LogP contribution is -2.28. The van der Waals surface area contributed by atoms with E-state index in [9.17, 15) is 10.2 Å². The summed E-state index contributed by atoms with van der Waals surface area (Å²) in [5.74, 6) is -0.0326. The van der Waals surface area contributed by atoms with E-state index in [0.717, 1.165) is 0 Å². The van der Waals surface area contributed by atoms with Crippen LogP contribution in [0.3, 0.4) is 0 Å². The number of aromatic hydroxyl groups is 2. The van der Waals surface area contributed by atoms with Gasteiger partial charge in [0.25, 0.3) is 5.69 Å².